The molecule has 0 fully saturated rings. The maximum Gasteiger partial charge on any atom is 0.261 e. The van der Waals surface area contributed by atoms with E-state index in [0.29, 0.717) is 22.2 Å². The Morgan fingerprint density at radius 2 is 1.54 bits per heavy atom. The van der Waals surface area contributed by atoms with Crippen LogP contribution in [0, 0.1) is 0 Å². The average Bonchev–Trinajstić information content (AvgIpc) is 3.18. The van der Waals surface area contributed by atoms with Crippen molar-refractivity contribution in [2.45, 2.75) is 17.2 Å². The molecular weight excluding hydrogens is 376 g/mol. The second-order valence-corrected chi connectivity index (χ2v) is 7.92. The van der Waals surface area contributed by atoms with Crippen LogP contribution in [0.25, 0.3) is 11.0 Å². The van der Waals surface area contributed by atoms with Crippen LogP contribution in [-0.4, -0.2) is 28.7 Å². The van der Waals surface area contributed by atoms with E-state index >= 15 is 0 Å². The SMILES string of the molecule is O=S(=O)(N[C@H](c1ccccc1)[C@@H](O)c1ccccc1)c1n[nH]c2ncccc12. The topological polar surface area (TPSA) is 108 Å². The van der Waals surface area contributed by atoms with Gasteiger partial charge < -0.3 is 5.11 Å². The monoisotopic (exact) mass is 394 g/mol. The third-order valence-electron chi connectivity index (χ3n) is 4.45. The van der Waals surface area contributed by atoms with Gasteiger partial charge in [0.2, 0.25) is 5.03 Å². The van der Waals surface area contributed by atoms with Crippen molar-refractivity contribution in [1.29, 1.82) is 0 Å². The van der Waals surface area contributed by atoms with Crippen LogP contribution >= 0.6 is 0 Å². The van der Waals surface area contributed by atoms with Gasteiger partial charge in [-0.2, -0.15) is 9.82 Å². The molecule has 0 aliphatic carbocycles. The van der Waals surface area contributed by atoms with E-state index in [4.69, 9.17) is 0 Å². The number of aromatic nitrogens is 3. The summed E-state index contributed by atoms with van der Waals surface area (Å²) in [4.78, 5) is 4.08. The number of fused-ring (bicyclic) bond motifs is 1. The molecule has 0 radical (unpaired) electrons. The van der Waals surface area contributed by atoms with E-state index in [-0.39, 0.29) is 5.03 Å². The number of hydrogen-bond donors (Lipinski definition) is 3. The smallest absolute Gasteiger partial charge is 0.261 e. The quantitative estimate of drug-likeness (QED) is 0.466. The van der Waals surface area contributed by atoms with Crippen molar-refractivity contribution in [1.82, 2.24) is 19.9 Å². The molecule has 0 saturated heterocycles. The predicted molar refractivity (Wildman–Crippen MR) is 105 cm³/mol. The number of benzene rings is 2. The van der Waals surface area contributed by atoms with Gasteiger partial charge in [0.1, 0.15) is 0 Å². The van der Waals surface area contributed by atoms with E-state index in [0.717, 1.165) is 0 Å². The van der Waals surface area contributed by atoms with Gasteiger partial charge in [-0.1, -0.05) is 60.7 Å². The first kappa shape index (κ1) is 18.3. The highest BCUT2D eigenvalue weighted by Gasteiger charge is 2.30. The van der Waals surface area contributed by atoms with Gasteiger partial charge in [-0.05, 0) is 23.3 Å². The van der Waals surface area contributed by atoms with Crippen LogP contribution in [-0.2, 0) is 10.0 Å². The van der Waals surface area contributed by atoms with Gasteiger partial charge in [-0.15, -0.1) is 0 Å². The largest absolute Gasteiger partial charge is 0.386 e. The summed E-state index contributed by atoms with van der Waals surface area (Å²) < 4.78 is 28.8. The molecule has 2 heterocycles. The molecule has 0 aliphatic heterocycles. The standard InChI is InChI=1S/C20H18N4O3S/c25-18(15-10-5-2-6-11-15)17(14-8-3-1-4-9-14)24-28(26,27)20-16-12-7-13-21-19(16)22-23-20/h1-13,17-18,24-25H,(H,21,22,23)/t17-,18+/m1/s1. The molecule has 2 atom stereocenters. The zero-order valence-corrected chi connectivity index (χ0v) is 15.5. The van der Waals surface area contributed by atoms with Gasteiger partial charge in [0.15, 0.2) is 5.65 Å². The lowest BCUT2D eigenvalue weighted by molar-refractivity contribution is 0.139. The molecule has 142 valence electrons. The van der Waals surface area contributed by atoms with E-state index in [1.54, 1.807) is 66.9 Å². The molecular formula is C20H18N4O3S. The van der Waals surface area contributed by atoms with E-state index < -0.39 is 22.2 Å². The van der Waals surface area contributed by atoms with Crippen molar-refractivity contribution in [2.24, 2.45) is 0 Å². The summed E-state index contributed by atoms with van der Waals surface area (Å²) in [6, 6.07) is 20.3. The van der Waals surface area contributed by atoms with E-state index in [9.17, 15) is 13.5 Å². The number of nitrogens with one attached hydrogen (secondary N) is 2. The van der Waals surface area contributed by atoms with Crippen LogP contribution in [0.3, 0.4) is 0 Å². The molecule has 0 unspecified atom stereocenters. The highest BCUT2D eigenvalue weighted by atomic mass is 32.2. The first-order valence-corrected chi connectivity index (χ1v) is 10.1. The molecule has 0 amide bonds. The Bertz CT molecular complexity index is 1180. The Labute approximate surface area is 162 Å². The maximum absolute atomic E-state index is 13.1. The second kappa shape index (κ2) is 7.51. The van der Waals surface area contributed by atoms with Crippen molar-refractivity contribution < 1.29 is 13.5 Å². The lowest BCUT2D eigenvalue weighted by Gasteiger charge is -2.24. The summed E-state index contributed by atoms with van der Waals surface area (Å²) in [5.74, 6) is 0. The van der Waals surface area contributed by atoms with E-state index in [1.807, 2.05) is 12.1 Å². The fourth-order valence-electron chi connectivity index (χ4n) is 3.08. The molecule has 0 spiro atoms. The zero-order chi connectivity index (χ0) is 19.6. The minimum Gasteiger partial charge on any atom is -0.386 e. The van der Waals surface area contributed by atoms with Crippen molar-refractivity contribution in [3.05, 3.63) is 90.1 Å². The fraction of sp³-hybridized carbons (Fsp3) is 0.100. The normalized spacial score (nSPS) is 14.0. The first-order chi connectivity index (χ1) is 13.6. The van der Waals surface area contributed by atoms with Gasteiger partial charge in [-0.3, -0.25) is 5.10 Å². The molecule has 4 rings (SSSR count). The van der Waals surface area contributed by atoms with Crippen molar-refractivity contribution >= 4 is 21.1 Å². The maximum atomic E-state index is 13.1. The Morgan fingerprint density at radius 1 is 0.893 bits per heavy atom. The first-order valence-electron chi connectivity index (χ1n) is 8.65. The number of rotatable bonds is 6. The number of hydrogen-bond acceptors (Lipinski definition) is 5. The Balaban J connectivity index is 1.75. The number of H-pyrrole nitrogens is 1. The Kier molecular flexibility index (Phi) is 4.91. The van der Waals surface area contributed by atoms with Gasteiger partial charge >= 0.3 is 0 Å². The van der Waals surface area contributed by atoms with Gasteiger partial charge in [-0.25, -0.2) is 13.4 Å². The summed E-state index contributed by atoms with van der Waals surface area (Å²) in [6.07, 6.45) is 0.470. The molecule has 4 aromatic rings. The van der Waals surface area contributed by atoms with Crippen LogP contribution in [0.2, 0.25) is 0 Å². The summed E-state index contributed by atoms with van der Waals surface area (Å²) in [5, 5.41) is 17.7. The highest BCUT2D eigenvalue weighted by molar-refractivity contribution is 7.89. The third-order valence-corrected chi connectivity index (χ3v) is 5.84. The lowest BCUT2D eigenvalue weighted by atomic mass is 9.97. The number of aliphatic hydroxyl groups excluding tert-OH is 1. The molecule has 2 aromatic carbocycles. The van der Waals surface area contributed by atoms with Gasteiger partial charge in [0.05, 0.1) is 17.5 Å². The molecule has 0 aliphatic rings. The van der Waals surface area contributed by atoms with Crippen LogP contribution in [0.4, 0.5) is 0 Å². The van der Waals surface area contributed by atoms with Crippen LogP contribution in [0.5, 0.6) is 0 Å². The number of nitrogens with zero attached hydrogens (tertiary/aromatic N) is 2. The van der Waals surface area contributed by atoms with Crippen LogP contribution < -0.4 is 4.72 Å². The zero-order valence-electron chi connectivity index (χ0n) is 14.7. The van der Waals surface area contributed by atoms with Crippen molar-refractivity contribution in [2.75, 3.05) is 0 Å². The lowest BCUT2D eigenvalue weighted by Crippen LogP contribution is -2.33. The van der Waals surface area contributed by atoms with Gasteiger partial charge in [0.25, 0.3) is 10.0 Å². The Hall–Kier alpha value is -3.07. The molecule has 0 bridgehead atoms. The summed E-state index contributed by atoms with van der Waals surface area (Å²) in [7, 11) is -4.04. The van der Waals surface area contributed by atoms with E-state index in [2.05, 4.69) is 19.9 Å². The summed E-state index contributed by atoms with van der Waals surface area (Å²) in [6.45, 7) is 0. The molecule has 2 aromatic heterocycles. The van der Waals surface area contributed by atoms with Crippen LogP contribution in [0.1, 0.15) is 23.3 Å². The fourth-order valence-corrected chi connectivity index (χ4v) is 4.41. The third kappa shape index (κ3) is 3.53. The average molecular weight is 394 g/mol. The second-order valence-electron chi connectivity index (χ2n) is 6.29. The minimum absolute atomic E-state index is 0.156. The minimum atomic E-state index is -4.04. The number of pyridine rings is 1. The molecule has 0 saturated carbocycles. The molecule has 3 N–H and O–H groups in total. The Morgan fingerprint density at radius 3 is 2.21 bits per heavy atom. The number of aliphatic hydroxyl groups is 1. The molecule has 7 nitrogen and oxygen atoms in total. The predicted octanol–water partition coefficient (Wildman–Crippen LogP) is 2.71. The van der Waals surface area contributed by atoms with Gasteiger partial charge in [0, 0.05) is 6.20 Å². The van der Waals surface area contributed by atoms with Crippen LogP contribution in [0.15, 0.2) is 84.0 Å². The summed E-state index contributed by atoms with van der Waals surface area (Å²) >= 11 is 0. The van der Waals surface area contributed by atoms with Crippen molar-refractivity contribution in [3.8, 4) is 0 Å². The van der Waals surface area contributed by atoms with Crippen molar-refractivity contribution in [3.63, 3.8) is 0 Å². The number of sulfonamides is 1. The molecule has 28 heavy (non-hydrogen) atoms. The van der Waals surface area contributed by atoms with E-state index in [1.165, 1.54) is 0 Å². The highest BCUT2D eigenvalue weighted by Crippen LogP contribution is 2.31. The summed E-state index contributed by atoms with van der Waals surface area (Å²) in [5.41, 5.74) is 1.62. The number of aromatic amines is 1. The molecule has 8 heteroatoms.